The Bertz CT molecular complexity index is 650. The van der Waals surface area contributed by atoms with Gasteiger partial charge in [0.2, 0.25) is 0 Å². The second kappa shape index (κ2) is 9.80. The Hall–Kier alpha value is -2.24. The van der Waals surface area contributed by atoms with E-state index in [1.54, 1.807) is 27.9 Å². The minimum absolute atomic E-state index is 0.226. The highest BCUT2D eigenvalue weighted by molar-refractivity contribution is 5.81. The summed E-state index contributed by atoms with van der Waals surface area (Å²) in [5.41, 5.74) is 0.583. The van der Waals surface area contributed by atoms with Crippen molar-refractivity contribution in [1.82, 2.24) is 5.32 Å². The van der Waals surface area contributed by atoms with Crippen molar-refractivity contribution in [2.45, 2.75) is 77.5 Å². The highest BCUT2D eigenvalue weighted by Gasteiger charge is 2.30. The molecule has 1 amide bonds. The third-order valence-corrected chi connectivity index (χ3v) is 4.92. The maximum atomic E-state index is 12.6. The normalized spacial score (nSPS) is 23.6. The summed E-state index contributed by atoms with van der Waals surface area (Å²) in [5.74, 6) is 0.673. The Labute approximate surface area is 167 Å². The molecule has 0 bridgehead atoms. The number of alkyl carbamates (subject to hydrolysis) is 1. The number of carbonyl (C=O) groups is 2. The molecule has 1 aromatic rings. The van der Waals surface area contributed by atoms with Gasteiger partial charge in [0.1, 0.15) is 23.5 Å². The van der Waals surface area contributed by atoms with E-state index < -0.39 is 17.7 Å². The zero-order valence-corrected chi connectivity index (χ0v) is 17.6. The largest absolute Gasteiger partial charge is 0.497 e. The van der Waals surface area contributed by atoms with Crippen LogP contribution in [-0.2, 0) is 20.7 Å². The molecule has 1 aromatic carbocycles. The molecule has 0 spiro atoms. The number of carbonyl (C=O) groups excluding carboxylic acids is 2. The molecule has 1 heterocycles. The van der Waals surface area contributed by atoms with Gasteiger partial charge in [0, 0.05) is 0 Å². The van der Waals surface area contributed by atoms with E-state index in [4.69, 9.17) is 14.2 Å². The summed E-state index contributed by atoms with van der Waals surface area (Å²) in [7, 11) is 1.65. The summed E-state index contributed by atoms with van der Waals surface area (Å²) in [6, 6.07) is 7.32. The van der Waals surface area contributed by atoms with E-state index in [9.17, 15) is 9.59 Å². The van der Waals surface area contributed by atoms with Crippen molar-refractivity contribution in [3.05, 3.63) is 29.8 Å². The molecule has 0 unspecified atom stereocenters. The molecule has 6 nitrogen and oxygen atoms in total. The number of benzene rings is 1. The van der Waals surface area contributed by atoms with Gasteiger partial charge in [0.05, 0.1) is 7.11 Å². The SMILES string of the molecule is COc1ccc(C[C@@H]2CCCC[C@H](NC(=O)OC(C)(C)C)C(=O)O[C@H]2C)cc1. The molecule has 6 heteroatoms. The first-order valence-corrected chi connectivity index (χ1v) is 10.0. The number of hydrogen-bond acceptors (Lipinski definition) is 5. The first-order chi connectivity index (χ1) is 13.2. The lowest BCUT2D eigenvalue weighted by Crippen LogP contribution is -2.45. The van der Waals surface area contributed by atoms with Crippen LogP contribution in [0.1, 0.15) is 58.9 Å². The molecule has 1 N–H and O–H groups in total. The van der Waals surface area contributed by atoms with Crippen LogP contribution in [0.2, 0.25) is 0 Å². The minimum Gasteiger partial charge on any atom is -0.497 e. The molecular formula is C22H33NO5. The van der Waals surface area contributed by atoms with Gasteiger partial charge < -0.3 is 19.5 Å². The molecular weight excluding hydrogens is 358 g/mol. The molecule has 0 aliphatic carbocycles. The van der Waals surface area contributed by atoms with Crippen molar-refractivity contribution in [2.24, 2.45) is 5.92 Å². The van der Waals surface area contributed by atoms with Gasteiger partial charge in [-0.15, -0.1) is 0 Å². The van der Waals surface area contributed by atoms with Crippen LogP contribution < -0.4 is 10.1 Å². The molecule has 0 radical (unpaired) electrons. The number of methoxy groups -OCH3 is 1. The number of nitrogens with one attached hydrogen (secondary N) is 1. The average Bonchev–Trinajstić information content (AvgIpc) is 2.66. The summed E-state index contributed by atoms with van der Waals surface area (Å²) in [6.07, 6.45) is 3.38. The Balaban J connectivity index is 1.98. The second-order valence-corrected chi connectivity index (χ2v) is 8.44. The molecule has 0 saturated carbocycles. The standard InChI is InChI=1S/C22H33NO5/c1-15-17(14-16-10-12-18(26-5)13-11-16)8-6-7-9-19(20(24)27-15)23-21(25)28-22(2,3)4/h10-13,15,17,19H,6-9,14H2,1-5H3,(H,23,25)/t15-,17-,19-/m0/s1. The number of esters is 1. The van der Waals surface area contributed by atoms with Crippen LogP contribution in [0.25, 0.3) is 0 Å². The van der Waals surface area contributed by atoms with Crippen LogP contribution in [0.4, 0.5) is 4.79 Å². The maximum Gasteiger partial charge on any atom is 0.408 e. The van der Waals surface area contributed by atoms with Crippen molar-refractivity contribution in [2.75, 3.05) is 7.11 Å². The number of rotatable bonds is 4. The van der Waals surface area contributed by atoms with Crippen LogP contribution in [0.15, 0.2) is 24.3 Å². The zero-order valence-electron chi connectivity index (χ0n) is 17.6. The Kier molecular flexibility index (Phi) is 7.72. The monoisotopic (exact) mass is 391 g/mol. The van der Waals surface area contributed by atoms with Crippen molar-refractivity contribution < 1.29 is 23.8 Å². The fourth-order valence-corrected chi connectivity index (χ4v) is 3.38. The lowest BCUT2D eigenvalue weighted by molar-refractivity contribution is -0.153. The summed E-state index contributed by atoms with van der Waals surface area (Å²) in [5, 5.41) is 2.67. The van der Waals surface area contributed by atoms with E-state index in [2.05, 4.69) is 5.32 Å². The van der Waals surface area contributed by atoms with E-state index in [1.165, 1.54) is 5.56 Å². The van der Waals surface area contributed by atoms with Crippen molar-refractivity contribution in [3.8, 4) is 5.75 Å². The van der Waals surface area contributed by atoms with Gasteiger partial charge in [0.15, 0.2) is 0 Å². The molecule has 28 heavy (non-hydrogen) atoms. The lowest BCUT2D eigenvalue weighted by atomic mass is 9.90. The predicted molar refractivity (Wildman–Crippen MR) is 107 cm³/mol. The van der Waals surface area contributed by atoms with E-state index in [-0.39, 0.29) is 18.0 Å². The summed E-state index contributed by atoms with van der Waals surface area (Å²) >= 11 is 0. The average molecular weight is 392 g/mol. The molecule has 3 atom stereocenters. The van der Waals surface area contributed by atoms with Gasteiger partial charge >= 0.3 is 12.1 Å². The number of amides is 1. The van der Waals surface area contributed by atoms with E-state index in [0.29, 0.717) is 6.42 Å². The van der Waals surface area contributed by atoms with Gasteiger partial charge in [-0.1, -0.05) is 25.0 Å². The summed E-state index contributed by atoms with van der Waals surface area (Å²) in [6.45, 7) is 7.31. The van der Waals surface area contributed by atoms with Crippen molar-refractivity contribution in [1.29, 1.82) is 0 Å². The van der Waals surface area contributed by atoms with Gasteiger partial charge in [-0.05, 0) is 70.6 Å². The van der Waals surface area contributed by atoms with Crippen molar-refractivity contribution in [3.63, 3.8) is 0 Å². The summed E-state index contributed by atoms with van der Waals surface area (Å²) in [4.78, 5) is 24.6. The molecule has 1 fully saturated rings. The van der Waals surface area contributed by atoms with Gasteiger partial charge in [-0.3, -0.25) is 0 Å². The fourth-order valence-electron chi connectivity index (χ4n) is 3.38. The van der Waals surface area contributed by atoms with E-state index >= 15 is 0 Å². The fraction of sp³-hybridized carbons (Fsp3) is 0.636. The lowest BCUT2D eigenvalue weighted by Gasteiger charge is -2.25. The predicted octanol–water partition coefficient (Wildman–Crippen LogP) is 4.25. The van der Waals surface area contributed by atoms with Gasteiger partial charge in [-0.2, -0.15) is 0 Å². The van der Waals surface area contributed by atoms with Crippen LogP contribution in [-0.4, -0.2) is 36.9 Å². The second-order valence-electron chi connectivity index (χ2n) is 8.44. The molecule has 1 saturated heterocycles. The molecule has 0 aromatic heterocycles. The quantitative estimate of drug-likeness (QED) is 0.777. The van der Waals surface area contributed by atoms with Gasteiger partial charge in [-0.25, -0.2) is 9.59 Å². The molecule has 156 valence electrons. The third-order valence-electron chi connectivity index (χ3n) is 4.92. The topological polar surface area (TPSA) is 73.9 Å². The number of cyclic esters (lactones) is 1. The van der Waals surface area contributed by atoms with Crippen LogP contribution in [0, 0.1) is 5.92 Å². The van der Waals surface area contributed by atoms with Gasteiger partial charge in [0.25, 0.3) is 0 Å². The summed E-state index contributed by atoms with van der Waals surface area (Å²) < 4.78 is 16.2. The van der Waals surface area contributed by atoms with Crippen LogP contribution in [0.5, 0.6) is 5.75 Å². The number of ether oxygens (including phenoxy) is 3. The smallest absolute Gasteiger partial charge is 0.408 e. The minimum atomic E-state index is -0.669. The highest BCUT2D eigenvalue weighted by atomic mass is 16.6. The molecule has 2 rings (SSSR count). The van der Waals surface area contributed by atoms with Crippen LogP contribution in [0.3, 0.4) is 0 Å². The zero-order chi connectivity index (χ0) is 20.7. The number of hydrogen-bond donors (Lipinski definition) is 1. The highest BCUT2D eigenvalue weighted by Crippen LogP contribution is 2.25. The van der Waals surface area contributed by atoms with E-state index in [0.717, 1.165) is 31.4 Å². The van der Waals surface area contributed by atoms with E-state index in [1.807, 2.05) is 31.2 Å². The first-order valence-electron chi connectivity index (χ1n) is 10.0. The molecule has 1 aliphatic heterocycles. The van der Waals surface area contributed by atoms with Crippen LogP contribution >= 0.6 is 0 Å². The Morgan fingerprint density at radius 2 is 1.82 bits per heavy atom. The molecule has 1 aliphatic rings. The van der Waals surface area contributed by atoms with Crippen molar-refractivity contribution >= 4 is 12.1 Å². The Morgan fingerprint density at radius 1 is 1.18 bits per heavy atom. The first kappa shape index (κ1) is 22.1. The Morgan fingerprint density at radius 3 is 2.43 bits per heavy atom. The maximum absolute atomic E-state index is 12.6. The third kappa shape index (κ3) is 7.06.